The van der Waals surface area contributed by atoms with Crippen molar-refractivity contribution in [2.75, 3.05) is 13.1 Å². The van der Waals surface area contributed by atoms with Crippen molar-refractivity contribution in [3.63, 3.8) is 0 Å². The van der Waals surface area contributed by atoms with E-state index in [0.29, 0.717) is 5.11 Å². The summed E-state index contributed by atoms with van der Waals surface area (Å²) in [5.41, 5.74) is 2.51. The molecule has 0 saturated carbocycles. The molecule has 3 N–H and O–H groups in total. The molecule has 0 aromatic rings. The van der Waals surface area contributed by atoms with Crippen molar-refractivity contribution in [2.45, 2.75) is 19.8 Å². The van der Waals surface area contributed by atoms with Gasteiger partial charge in [-0.3, -0.25) is 0 Å². The SMILES string of the molecule is CC1CCCN(C(=S)NN)C1. The van der Waals surface area contributed by atoms with Crippen LogP contribution in [0.25, 0.3) is 0 Å². The topological polar surface area (TPSA) is 41.3 Å². The van der Waals surface area contributed by atoms with Gasteiger partial charge in [-0.05, 0) is 31.0 Å². The Morgan fingerprint density at radius 3 is 3.00 bits per heavy atom. The van der Waals surface area contributed by atoms with Crippen LogP contribution in [0.3, 0.4) is 0 Å². The Labute approximate surface area is 72.9 Å². The summed E-state index contributed by atoms with van der Waals surface area (Å²) in [4.78, 5) is 2.13. The Morgan fingerprint density at radius 2 is 2.45 bits per heavy atom. The van der Waals surface area contributed by atoms with Crippen LogP contribution >= 0.6 is 12.2 Å². The van der Waals surface area contributed by atoms with Crippen LogP contribution in [0.5, 0.6) is 0 Å². The predicted molar refractivity (Wildman–Crippen MR) is 49.9 cm³/mol. The van der Waals surface area contributed by atoms with E-state index in [4.69, 9.17) is 18.1 Å². The maximum absolute atomic E-state index is 5.22. The number of hydrogen-bond acceptors (Lipinski definition) is 2. The van der Waals surface area contributed by atoms with Crippen molar-refractivity contribution in [3.05, 3.63) is 0 Å². The van der Waals surface area contributed by atoms with Gasteiger partial charge in [0.1, 0.15) is 0 Å². The van der Waals surface area contributed by atoms with E-state index >= 15 is 0 Å². The first-order chi connectivity index (χ1) is 5.24. The molecule has 0 aromatic carbocycles. The molecule has 0 aliphatic carbocycles. The van der Waals surface area contributed by atoms with Gasteiger partial charge in [-0.15, -0.1) is 0 Å². The second-order valence-electron chi connectivity index (χ2n) is 3.14. The van der Waals surface area contributed by atoms with Gasteiger partial charge in [-0.1, -0.05) is 6.92 Å². The number of rotatable bonds is 0. The molecule has 1 unspecified atom stereocenters. The molecule has 1 aliphatic rings. The van der Waals surface area contributed by atoms with Gasteiger partial charge >= 0.3 is 0 Å². The molecule has 1 atom stereocenters. The van der Waals surface area contributed by atoms with E-state index in [0.717, 1.165) is 19.0 Å². The number of hydrogen-bond donors (Lipinski definition) is 2. The second kappa shape index (κ2) is 3.88. The van der Waals surface area contributed by atoms with Gasteiger partial charge in [0.25, 0.3) is 0 Å². The van der Waals surface area contributed by atoms with E-state index in [2.05, 4.69) is 17.2 Å². The molecule has 4 heteroatoms. The van der Waals surface area contributed by atoms with Gasteiger partial charge in [0.05, 0.1) is 0 Å². The van der Waals surface area contributed by atoms with Gasteiger partial charge in [0, 0.05) is 13.1 Å². The zero-order valence-corrected chi connectivity index (χ0v) is 7.66. The zero-order valence-electron chi connectivity index (χ0n) is 6.84. The number of hydrazine groups is 1. The average Bonchev–Trinajstić information content (AvgIpc) is 2.03. The minimum atomic E-state index is 0.677. The molecule has 0 radical (unpaired) electrons. The molecular weight excluding hydrogens is 158 g/mol. The van der Waals surface area contributed by atoms with Crippen molar-refractivity contribution >= 4 is 17.3 Å². The largest absolute Gasteiger partial charge is 0.348 e. The lowest BCUT2D eigenvalue weighted by Gasteiger charge is -2.32. The third kappa shape index (κ3) is 2.31. The van der Waals surface area contributed by atoms with Crippen molar-refractivity contribution < 1.29 is 0 Å². The van der Waals surface area contributed by atoms with Crippen LogP contribution in [0.4, 0.5) is 0 Å². The Hall–Kier alpha value is -0.350. The lowest BCUT2D eigenvalue weighted by Crippen LogP contribution is -2.47. The summed E-state index contributed by atoms with van der Waals surface area (Å²) < 4.78 is 0. The summed E-state index contributed by atoms with van der Waals surface area (Å²) in [6.45, 7) is 4.34. The van der Waals surface area contributed by atoms with Crippen LogP contribution in [0.15, 0.2) is 0 Å². The molecular formula is C7H15N3S. The number of nitrogens with two attached hydrogens (primary N) is 1. The first-order valence-corrected chi connectivity index (χ1v) is 4.40. The normalized spacial score (nSPS) is 24.9. The lowest BCUT2D eigenvalue weighted by molar-refractivity contribution is 0.271. The van der Waals surface area contributed by atoms with Crippen LogP contribution in [-0.4, -0.2) is 23.1 Å². The summed E-state index contributed by atoms with van der Waals surface area (Å²) >= 11 is 5.02. The first-order valence-electron chi connectivity index (χ1n) is 3.99. The van der Waals surface area contributed by atoms with Gasteiger partial charge in [-0.25, -0.2) is 5.84 Å². The molecule has 0 amide bonds. The fourth-order valence-corrected chi connectivity index (χ4v) is 1.63. The Balaban J connectivity index is 2.39. The predicted octanol–water partition coefficient (Wildman–Crippen LogP) is 0.467. The van der Waals surface area contributed by atoms with Crippen molar-refractivity contribution in [1.82, 2.24) is 10.3 Å². The summed E-state index contributed by atoms with van der Waals surface area (Å²) in [6.07, 6.45) is 2.53. The first kappa shape index (κ1) is 8.74. The van der Waals surface area contributed by atoms with Crippen LogP contribution in [0.2, 0.25) is 0 Å². The monoisotopic (exact) mass is 173 g/mol. The molecule has 1 aliphatic heterocycles. The summed E-state index contributed by atoms with van der Waals surface area (Å²) in [5.74, 6) is 5.96. The molecule has 3 nitrogen and oxygen atoms in total. The lowest BCUT2D eigenvalue weighted by atomic mass is 10.0. The van der Waals surface area contributed by atoms with E-state index in [9.17, 15) is 0 Å². The third-order valence-electron chi connectivity index (χ3n) is 2.07. The van der Waals surface area contributed by atoms with Gasteiger partial charge in [0.2, 0.25) is 0 Å². The maximum atomic E-state index is 5.22. The van der Waals surface area contributed by atoms with E-state index in [1.54, 1.807) is 0 Å². The highest BCUT2D eigenvalue weighted by atomic mass is 32.1. The van der Waals surface area contributed by atoms with Crippen LogP contribution < -0.4 is 11.3 Å². The van der Waals surface area contributed by atoms with Crippen molar-refractivity contribution in [1.29, 1.82) is 0 Å². The molecule has 0 aromatic heterocycles. The maximum Gasteiger partial charge on any atom is 0.183 e. The van der Waals surface area contributed by atoms with E-state index in [1.165, 1.54) is 12.8 Å². The Kier molecular flexibility index (Phi) is 3.08. The van der Waals surface area contributed by atoms with E-state index in [-0.39, 0.29) is 0 Å². The minimum Gasteiger partial charge on any atom is -0.348 e. The number of nitrogens with zero attached hydrogens (tertiary/aromatic N) is 1. The summed E-state index contributed by atoms with van der Waals surface area (Å²) in [5, 5.41) is 0.677. The average molecular weight is 173 g/mol. The van der Waals surface area contributed by atoms with Crippen LogP contribution in [0, 0.1) is 5.92 Å². The van der Waals surface area contributed by atoms with Gasteiger partial charge in [0.15, 0.2) is 5.11 Å². The summed E-state index contributed by atoms with van der Waals surface area (Å²) in [6, 6.07) is 0. The van der Waals surface area contributed by atoms with E-state index in [1.807, 2.05) is 0 Å². The molecule has 64 valence electrons. The number of nitrogens with one attached hydrogen (secondary N) is 1. The standard InChI is InChI=1S/C7H15N3S/c1-6-3-2-4-10(5-6)7(11)9-8/h6H,2-5,8H2,1H3,(H,9,11). The second-order valence-corrected chi connectivity index (χ2v) is 3.53. The number of piperidine rings is 1. The quantitative estimate of drug-likeness (QED) is 0.317. The fourth-order valence-electron chi connectivity index (χ4n) is 1.47. The Bertz CT molecular complexity index is 149. The van der Waals surface area contributed by atoms with Crippen molar-refractivity contribution in [2.24, 2.45) is 11.8 Å². The van der Waals surface area contributed by atoms with Gasteiger partial charge < -0.3 is 10.3 Å². The number of likely N-dealkylation sites (tertiary alicyclic amines) is 1. The smallest absolute Gasteiger partial charge is 0.183 e. The molecule has 1 saturated heterocycles. The number of thiocarbonyl (C=S) groups is 1. The molecule has 0 spiro atoms. The highest BCUT2D eigenvalue weighted by molar-refractivity contribution is 7.80. The molecule has 1 fully saturated rings. The highest BCUT2D eigenvalue weighted by Crippen LogP contribution is 2.14. The summed E-state index contributed by atoms with van der Waals surface area (Å²) in [7, 11) is 0. The molecule has 0 bridgehead atoms. The fraction of sp³-hybridized carbons (Fsp3) is 0.857. The highest BCUT2D eigenvalue weighted by Gasteiger charge is 2.17. The van der Waals surface area contributed by atoms with Crippen LogP contribution in [0.1, 0.15) is 19.8 Å². The van der Waals surface area contributed by atoms with Gasteiger partial charge in [-0.2, -0.15) is 0 Å². The molecule has 1 rings (SSSR count). The zero-order chi connectivity index (χ0) is 8.27. The minimum absolute atomic E-state index is 0.677. The van der Waals surface area contributed by atoms with Crippen molar-refractivity contribution in [3.8, 4) is 0 Å². The van der Waals surface area contributed by atoms with E-state index < -0.39 is 0 Å². The Morgan fingerprint density at radius 1 is 1.73 bits per heavy atom. The molecule has 1 heterocycles. The molecule has 11 heavy (non-hydrogen) atoms. The third-order valence-corrected chi connectivity index (χ3v) is 2.44. The van der Waals surface area contributed by atoms with Crippen LogP contribution in [-0.2, 0) is 0 Å².